The molecule has 0 spiro atoms. The molecular weight excluding hydrogens is 305 g/mol. The molecule has 130 valence electrons. The Bertz CT molecular complexity index is 702. The number of likely N-dealkylation sites (tertiary alicyclic amines) is 1. The van der Waals surface area contributed by atoms with Crippen LogP contribution < -0.4 is 4.90 Å². The first kappa shape index (κ1) is 15.8. The zero-order valence-electron chi connectivity index (χ0n) is 14.5. The lowest BCUT2D eigenvalue weighted by Crippen LogP contribution is -2.66. The summed E-state index contributed by atoms with van der Waals surface area (Å²) in [6.07, 6.45) is 5.02. The van der Waals surface area contributed by atoms with E-state index < -0.39 is 6.17 Å². The molecule has 24 heavy (non-hydrogen) atoms. The van der Waals surface area contributed by atoms with E-state index in [1.807, 2.05) is 10.6 Å². The van der Waals surface area contributed by atoms with Gasteiger partial charge in [0.1, 0.15) is 6.17 Å². The van der Waals surface area contributed by atoms with Crippen molar-refractivity contribution in [2.75, 3.05) is 31.1 Å². The van der Waals surface area contributed by atoms with E-state index >= 15 is 0 Å². The second kappa shape index (κ2) is 6.31. The van der Waals surface area contributed by atoms with Crippen LogP contribution in [0.15, 0.2) is 18.3 Å². The molecule has 0 N–H and O–H groups in total. The highest BCUT2D eigenvalue weighted by Gasteiger charge is 2.39. The zero-order valence-corrected chi connectivity index (χ0v) is 14.5. The predicted molar refractivity (Wildman–Crippen MR) is 93.4 cm³/mol. The Morgan fingerprint density at radius 2 is 2.04 bits per heavy atom. The molecule has 0 aromatic carbocycles. The fourth-order valence-corrected chi connectivity index (χ4v) is 3.58. The highest BCUT2D eigenvalue weighted by molar-refractivity contribution is 5.53. The van der Waals surface area contributed by atoms with Crippen molar-refractivity contribution in [1.82, 2.24) is 19.5 Å². The molecule has 0 aliphatic carbocycles. The summed E-state index contributed by atoms with van der Waals surface area (Å²) >= 11 is 0. The fraction of sp³-hybridized carbons (Fsp3) is 0.667. The zero-order chi connectivity index (χ0) is 16.7. The maximum Gasteiger partial charge on any atom is 0.155 e. The number of halogens is 1. The molecule has 5 nitrogen and oxygen atoms in total. The van der Waals surface area contributed by atoms with Crippen LogP contribution in [0.2, 0.25) is 0 Å². The van der Waals surface area contributed by atoms with Gasteiger partial charge in [-0.1, -0.05) is 26.7 Å². The summed E-state index contributed by atoms with van der Waals surface area (Å²) in [4.78, 5) is 9.24. The predicted octanol–water partition coefficient (Wildman–Crippen LogP) is 2.87. The number of nitrogens with zero attached hydrogens (tertiary/aromatic N) is 5. The van der Waals surface area contributed by atoms with Crippen molar-refractivity contribution in [1.29, 1.82) is 0 Å². The number of aromatic nitrogens is 3. The fourth-order valence-electron chi connectivity index (χ4n) is 3.58. The Morgan fingerprint density at radius 3 is 2.75 bits per heavy atom. The summed E-state index contributed by atoms with van der Waals surface area (Å²) in [5, 5.41) is 4.68. The van der Waals surface area contributed by atoms with Gasteiger partial charge < -0.3 is 4.90 Å². The van der Waals surface area contributed by atoms with Gasteiger partial charge in [0, 0.05) is 38.1 Å². The number of anilines is 1. The molecule has 2 aromatic rings. The summed E-state index contributed by atoms with van der Waals surface area (Å²) in [5.74, 6) is 1.35. The van der Waals surface area contributed by atoms with Crippen LogP contribution in [0.4, 0.5) is 10.1 Å². The first-order chi connectivity index (χ1) is 11.6. The number of fused-ring (bicyclic) bond motifs is 1. The Hall–Kier alpha value is -1.69. The quantitative estimate of drug-likeness (QED) is 0.816. The van der Waals surface area contributed by atoms with Gasteiger partial charge in [0.05, 0.1) is 11.9 Å². The molecule has 0 radical (unpaired) electrons. The number of alkyl halides is 1. The third kappa shape index (κ3) is 2.88. The van der Waals surface area contributed by atoms with E-state index in [9.17, 15) is 4.39 Å². The van der Waals surface area contributed by atoms with Crippen LogP contribution in [-0.4, -0.2) is 57.9 Å². The van der Waals surface area contributed by atoms with Gasteiger partial charge in [-0.3, -0.25) is 4.90 Å². The number of hydrogen-bond donors (Lipinski definition) is 0. The van der Waals surface area contributed by atoms with Gasteiger partial charge >= 0.3 is 0 Å². The van der Waals surface area contributed by atoms with E-state index in [2.05, 4.69) is 46.0 Å². The lowest BCUT2D eigenvalue weighted by Gasteiger charge is -2.50. The molecule has 1 atom stereocenters. The monoisotopic (exact) mass is 331 g/mol. The van der Waals surface area contributed by atoms with E-state index in [-0.39, 0.29) is 0 Å². The Morgan fingerprint density at radius 1 is 1.25 bits per heavy atom. The Labute approximate surface area is 142 Å². The number of unbranched alkanes of at least 4 members (excludes halogenated alkanes) is 1. The summed E-state index contributed by atoms with van der Waals surface area (Å²) in [5.41, 5.74) is 2.09. The first-order valence-corrected chi connectivity index (χ1v) is 9.13. The number of rotatable bonds is 6. The number of pyridine rings is 1. The molecule has 1 unspecified atom stereocenters. The van der Waals surface area contributed by atoms with E-state index in [1.165, 1.54) is 18.5 Å². The van der Waals surface area contributed by atoms with Gasteiger partial charge in [-0.05, 0) is 18.6 Å². The van der Waals surface area contributed by atoms with Crippen LogP contribution in [0.25, 0.3) is 5.65 Å². The maximum atomic E-state index is 13.0. The van der Waals surface area contributed by atoms with Crippen molar-refractivity contribution in [3.8, 4) is 0 Å². The smallest absolute Gasteiger partial charge is 0.155 e. The SMILES string of the molecule is CCCCC(C)c1nc2ccc(N3CC(N4CC(F)C4)C3)cn2n1. The minimum absolute atomic E-state index is 0.404. The largest absolute Gasteiger partial charge is 0.367 e. The van der Waals surface area contributed by atoms with Crippen LogP contribution in [0, 0.1) is 0 Å². The van der Waals surface area contributed by atoms with Crippen molar-refractivity contribution >= 4 is 11.3 Å². The van der Waals surface area contributed by atoms with Crippen LogP contribution in [0.1, 0.15) is 44.9 Å². The molecule has 2 aromatic heterocycles. The molecule has 2 fully saturated rings. The van der Waals surface area contributed by atoms with Gasteiger partial charge in [0.25, 0.3) is 0 Å². The molecule has 6 heteroatoms. The molecule has 4 rings (SSSR count). The Kier molecular flexibility index (Phi) is 4.16. The standard InChI is InChI=1S/C18H26FN5/c1-3-4-5-13(2)18-20-17-7-6-15(12-24(17)21-18)23-10-16(11-23)22-8-14(19)9-22/h6-7,12-14,16H,3-5,8-11H2,1-2H3. The van der Waals surface area contributed by atoms with E-state index in [4.69, 9.17) is 0 Å². The van der Waals surface area contributed by atoms with Gasteiger partial charge in [-0.15, -0.1) is 0 Å². The van der Waals surface area contributed by atoms with Crippen LogP contribution in [0.3, 0.4) is 0 Å². The molecule has 0 saturated carbocycles. The lowest BCUT2D eigenvalue weighted by molar-refractivity contribution is 0.0172. The van der Waals surface area contributed by atoms with Gasteiger partial charge in [0.15, 0.2) is 11.5 Å². The number of hydrogen-bond acceptors (Lipinski definition) is 4. The van der Waals surface area contributed by atoms with Crippen molar-refractivity contribution in [3.05, 3.63) is 24.2 Å². The molecule has 0 amide bonds. The third-order valence-corrected chi connectivity index (χ3v) is 5.37. The van der Waals surface area contributed by atoms with E-state index in [0.29, 0.717) is 25.0 Å². The van der Waals surface area contributed by atoms with Crippen molar-refractivity contribution < 1.29 is 4.39 Å². The van der Waals surface area contributed by atoms with Gasteiger partial charge in [0.2, 0.25) is 0 Å². The topological polar surface area (TPSA) is 36.7 Å². The van der Waals surface area contributed by atoms with Crippen molar-refractivity contribution in [3.63, 3.8) is 0 Å². The lowest BCUT2D eigenvalue weighted by atomic mass is 10.0. The Balaban J connectivity index is 1.42. The van der Waals surface area contributed by atoms with E-state index in [0.717, 1.165) is 31.0 Å². The molecular formula is C18H26FN5. The average molecular weight is 331 g/mol. The highest BCUT2D eigenvalue weighted by Crippen LogP contribution is 2.27. The second-order valence-electron chi connectivity index (χ2n) is 7.31. The third-order valence-electron chi connectivity index (χ3n) is 5.37. The average Bonchev–Trinajstić information content (AvgIpc) is 2.92. The van der Waals surface area contributed by atoms with Crippen LogP contribution in [0.5, 0.6) is 0 Å². The highest BCUT2D eigenvalue weighted by atomic mass is 19.1. The first-order valence-electron chi connectivity index (χ1n) is 9.13. The summed E-state index contributed by atoms with van der Waals surface area (Å²) in [6.45, 7) is 7.60. The second-order valence-corrected chi connectivity index (χ2v) is 7.31. The normalized spacial score (nSPS) is 21.0. The molecule has 4 heterocycles. The summed E-state index contributed by atoms with van der Waals surface area (Å²) in [6, 6.07) is 4.68. The van der Waals surface area contributed by atoms with Crippen molar-refractivity contribution in [2.24, 2.45) is 0 Å². The molecule has 2 saturated heterocycles. The molecule has 0 bridgehead atoms. The van der Waals surface area contributed by atoms with Gasteiger partial charge in [-0.2, -0.15) is 5.10 Å². The van der Waals surface area contributed by atoms with Gasteiger partial charge in [-0.25, -0.2) is 13.9 Å². The molecule has 2 aliphatic heterocycles. The summed E-state index contributed by atoms with van der Waals surface area (Å²) in [7, 11) is 0. The van der Waals surface area contributed by atoms with E-state index in [1.54, 1.807) is 0 Å². The van der Waals surface area contributed by atoms with Crippen molar-refractivity contribution in [2.45, 2.75) is 51.2 Å². The van der Waals surface area contributed by atoms with Crippen LogP contribution >= 0.6 is 0 Å². The minimum atomic E-state index is -0.612. The minimum Gasteiger partial charge on any atom is -0.367 e. The maximum absolute atomic E-state index is 13.0. The summed E-state index contributed by atoms with van der Waals surface area (Å²) < 4.78 is 14.9. The van der Waals surface area contributed by atoms with Crippen LogP contribution in [-0.2, 0) is 0 Å². The molecule has 2 aliphatic rings.